The van der Waals surface area contributed by atoms with Crippen LogP contribution in [0, 0.1) is 17.5 Å². The van der Waals surface area contributed by atoms with Crippen LogP contribution in [0.4, 0.5) is 13.2 Å². The minimum Gasteiger partial charge on any atom is -0.206 e. The van der Waals surface area contributed by atoms with Crippen molar-refractivity contribution in [2.24, 2.45) is 0 Å². The molecule has 0 spiro atoms. The molecule has 0 atom stereocenters. The Morgan fingerprint density at radius 1 is 0.786 bits per heavy atom. The number of hydrogen-bond acceptors (Lipinski definition) is 0. The zero-order valence-corrected chi connectivity index (χ0v) is 16.1. The van der Waals surface area contributed by atoms with E-state index in [0.717, 1.165) is 18.4 Å². The molecule has 0 aliphatic heterocycles. The maximum Gasteiger partial charge on any atom is 0.166 e. The average Bonchev–Trinajstić information content (AvgIpc) is 2.71. The lowest BCUT2D eigenvalue weighted by Gasteiger charge is -2.10. The summed E-state index contributed by atoms with van der Waals surface area (Å²) in [4.78, 5) is 0. The third-order valence-corrected chi connectivity index (χ3v) is 4.92. The molecule has 3 heteroatoms. The first-order valence-corrected chi connectivity index (χ1v) is 9.52. The van der Waals surface area contributed by atoms with Crippen molar-refractivity contribution in [2.75, 3.05) is 0 Å². The quantitative estimate of drug-likeness (QED) is 0.388. The number of hydrogen-bond donors (Lipinski definition) is 0. The van der Waals surface area contributed by atoms with Crippen LogP contribution in [0.1, 0.15) is 31.4 Å². The van der Waals surface area contributed by atoms with E-state index in [4.69, 9.17) is 0 Å². The first kappa shape index (κ1) is 19.9. The molecule has 0 nitrogen and oxygen atoms in total. The third kappa shape index (κ3) is 4.19. The lowest BCUT2D eigenvalue weighted by atomic mass is 9.97. The molecule has 0 aromatic heterocycles. The molecule has 0 aliphatic carbocycles. The van der Waals surface area contributed by atoms with E-state index in [1.165, 1.54) is 17.7 Å². The lowest BCUT2D eigenvalue weighted by molar-refractivity contribution is 0.502. The number of allylic oxidation sites excluding steroid dienone is 2. The molecular weight excluding hydrogens is 357 g/mol. The largest absolute Gasteiger partial charge is 0.206 e. The van der Waals surface area contributed by atoms with Gasteiger partial charge in [-0.25, -0.2) is 13.2 Å². The highest BCUT2D eigenvalue weighted by Gasteiger charge is 2.15. The van der Waals surface area contributed by atoms with E-state index >= 15 is 0 Å². The summed E-state index contributed by atoms with van der Waals surface area (Å²) in [5.74, 6) is -2.26. The zero-order valence-electron chi connectivity index (χ0n) is 16.1. The van der Waals surface area contributed by atoms with E-state index in [-0.39, 0.29) is 5.56 Å². The van der Waals surface area contributed by atoms with Crippen LogP contribution in [0.25, 0.3) is 22.3 Å². The fraction of sp³-hybridized carbons (Fsp3) is 0.200. The predicted octanol–water partition coefficient (Wildman–Crippen LogP) is 7.51. The fourth-order valence-electron chi connectivity index (χ4n) is 3.27. The summed E-state index contributed by atoms with van der Waals surface area (Å²) >= 11 is 0. The molecule has 0 unspecified atom stereocenters. The van der Waals surface area contributed by atoms with Crippen LogP contribution < -0.4 is 0 Å². The van der Waals surface area contributed by atoms with Gasteiger partial charge in [0.1, 0.15) is 5.82 Å². The van der Waals surface area contributed by atoms with Crippen LogP contribution in [0.3, 0.4) is 0 Å². The fourth-order valence-corrected chi connectivity index (χ4v) is 3.27. The van der Waals surface area contributed by atoms with E-state index in [0.29, 0.717) is 23.1 Å². The molecule has 0 aliphatic rings. The van der Waals surface area contributed by atoms with Crippen molar-refractivity contribution in [1.29, 1.82) is 0 Å². The molecule has 3 aromatic carbocycles. The van der Waals surface area contributed by atoms with Gasteiger partial charge in [-0.2, -0.15) is 0 Å². The van der Waals surface area contributed by atoms with Crippen molar-refractivity contribution >= 4 is 0 Å². The van der Waals surface area contributed by atoms with Gasteiger partial charge in [0, 0.05) is 11.1 Å². The molecule has 0 saturated carbocycles. The van der Waals surface area contributed by atoms with Gasteiger partial charge in [-0.3, -0.25) is 0 Å². The van der Waals surface area contributed by atoms with Gasteiger partial charge in [-0.05, 0) is 54.5 Å². The molecule has 144 valence electrons. The average molecular weight is 380 g/mol. The normalized spacial score (nSPS) is 11.3. The third-order valence-electron chi connectivity index (χ3n) is 4.92. The van der Waals surface area contributed by atoms with Crippen molar-refractivity contribution in [3.8, 4) is 22.3 Å². The number of benzene rings is 3. The molecular formula is C25H23F3. The minimum absolute atomic E-state index is 0.0690. The van der Waals surface area contributed by atoms with Gasteiger partial charge in [0.05, 0.1) is 0 Å². The highest BCUT2D eigenvalue weighted by atomic mass is 19.2. The summed E-state index contributed by atoms with van der Waals surface area (Å²) in [5.41, 5.74) is 3.09. The van der Waals surface area contributed by atoms with E-state index in [1.807, 2.05) is 37.3 Å². The summed E-state index contributed by atoms with van der Waals surface area (Å²) in [7, 11) is 0. The molecule has 0 radical (unpaired) electrons. The van der Waals surface area contributed by atoms with Gasteiger partial charge in [0.2, 0.25) is 0 Å². The van der Waals surface area contributed by atoms with Gasteiger partial charge in [-0.15, -0.1) is 0 Å². The maximum atomic E-state index is 14.7. The van der Waals surface area contributed by atoms with Gasteiger partial charge >= 0.3 is 0 Å². The monoisotopic (exact) mass is 380 g/mol. The van der Waals surface area contributed by atoms with E-state index < -0.39 is 17.5 Å². The number of aryl methyl sites for hydroxylation is 2. The summed E-state index contributed by atoms with van der Waals surface area (Å²) in [6.07, 6.45) is 6.45. The summed E-state index contributed by atoms with van der Waals surface area (Å²) in [6.45, 7) is 3.76. The van der Waals surface area contributed by atoms with Crippen LogP contribution in [0.2, 0.25) is 0 Å². The van der Waals surface area contributed by atoms with E-state index in [1.54, 1.807) is 25.1 Å². The lowest BCUT2D eigenvalue weighted by Crippen LogP contribution is -1.96. The van der Waals surface area contributed by atoms with Gasteiger partial charge < -0.3 is 0 Å². The molecule has 0 heterocycles. The summed E-state index contributed by atoms with van der Waals surface area (Å²) in [5, 5.41) is 0. The Kier molecular flexibility index (Phi) is 6.35. The maximum absolute atomic E-state index is 14.7. The van der Waals surface area contributed by atoms with Crippen LogP contribution in [-0.2, 0) is 12.8 Å². The van der Waals surface area contributed by atoms with Crippen LogP contribution in [0.5, 0.6) is 0 Å². The van der Waals surface area contributed by atoms with Crippen molar-refractivity contribution in [1.82, 2.24) is 0 Å². The molecule has 0 fully saturated rings. The highest BCUT2D eigenvalue weighted by molar-refractivity contribution is 5.71. The van der Waals surface area contributed by atoms with Crippen LogP contribution >= 0.6 is 0 Å². The predicted molar refractivity (Wildman–Crippen MR) is 110 cm³/mol. The standard InChI is InChI=1S/C25H23F3/c1-3-5-6-7-17-8-10-19(11-9-17)21-14-13-20(16-23(21)26)22-15-12-18(4-2)24(27)25(22)28/h3,5,8-16H,4,6-7H2,1-2H3/b5-3+. The second-order valence-corrected chi connectivity index (χ2v) is 6.75. The topological polar surface area (TPSA) is 0 Å². The van der Waals surface area contributed by atoms with Gasteiger partial charge in [0.15, 0.2) is 11.6 Å². The molecule has 0 amide bonds. The Morgan fingerprint density at radius 3 is 2.11 bits per heavy atom. The molecule has 3 aromatic rings. The van der Waals surface area contributed by atoms with Gasteiger partial charge in [-0.1, -0.05) is 67.6 Å². The van der Waals surface area contributed by atoms with Crippen molar-refractivity contribution < 1.29 is 13.2 Å². The first-order valence-electron chi connectivity index (χ1n) is 9.52. The first-order chi connectivity index (χ1) is 13.5. The zero-order chi connectivity index (χ0) is 20.1. The Morgan fingerprint density at radius 2 is 1.46 bits per heavy atom. The Bertz CT molecular complexity index is 985. The number of rotatable bonds is 6. The smallest absolute Gasteiger partial charge is 0.166 e. The summed E-state index contributed by atoms with van der Waals surface area (Å²) in [6, 6.07) is 15.3. The van der Waals surface area contributed by atoms with Crippen LogP contribution in [-0.4, -0.2) is 0 Å². The molecule has 28 heavy (non-hydrogen) atoms. The van der Waals surface area contributed by atoms with Crippen molar-refractivity contribution in [3.05, 3.63) is 95.3 Å². The van der Waals surface area contributed by atoms with Crippen molar-refractivity contribution in [3.63, 3.8) is 0 Å². The minimum atomic E-state index is -0.933. The second-order valence-electron chi connectivity index (χ2n) is 6.75. The van der Waals surface area contributed by atoms with E-state index in [9.17, 15) is 13.2 Å². The molecule has 0 N–H and O–H groups in total. The molecule has 3 rings (SSSR count). The Labute approximate surface area is 164 Å². The molecule has 0 bridgehead atoms. The number of halogens is 3. The Balaban J connectivity index is 1.88. The Hall–Kier alpha value is -2.81. The van der Waals surface area contributed by atoms with Crippen molar-refractivity contribution in [2.45, 2.75) is 33.1 Å². The SMILES string of the molecule is C/C=C/CCc1ccc(-c2ccc(-c3ccc(CC)c(F)c3F)cc2F)cc1. The van der Waals surface area contributed by atoms with Crippen LogP contribution in [0.15, 0.2) is 66.7 Å². The van der Waals surface area contributed by atoms with Gasteiger partial charge in [0.25, 0.3) is 0 Å². The molecule has 0 saturated heterocycles. The van der Waals surface area contributed by atoms with E-state index in [2.05, 4.69) is 6.08 Å². The second kappa shape index (κ2) is 8.92. The highest BCUT2D eigenvalue weighted by Crippen LogP contribution is 2.31. The summed E-state index contributed by atoms with van der Waals surface area (Å²) < 4.78 is 43.2.